The number of carbonyl (C=O) groups excluding carboxylic acids is 2. The Morgan fingerprint density at radius 1 is 1.43 bits per heavy atom. The van der Waals surface area contributed by atoms with Crippen LogP contribution < -0.4 is 5.32 Å². The lowest BCUT2D eigenvalue weighted by Gasteiger charge is -2.21. The zero-order chi connectivity index (χ0) is 15.7. The molecule has 0 radical (unpaired) electrons. The van der Waals surface area contributed by atoms with Crippen molar-refractivity contribution < 1.29 is 19.1 Å². The number of thiazole rings is 1. The number of rotatable bonds is 8. The fraction of sp³-hybridized carbons (Fsp3) is 0.615. The Labute approximate surface area is 128 Å². The van der Waals surface area contributed by atoms with Crippen molar-refractivity contribution in [1.29, 1.82) is 0 Å². The highest BCUT2D eigenvalue weighted by Crippen LogP contribution is 2.13. The van der Waals surface area contributed by atoms with Crippen LogP contribution >= 0.6 is 11.3 Å². The zero-order valence-corrected chi connectivity index (χ0v) is 13.4. The summed E-state index contributed by atoms with van der Waals surface area (Å²) in [5.74, 6) is -0.443. The Bertz CT molecular complexity index is 464. The minimum atomic E-state index is -0.443. The number of aromatic nitrogens is 1. The molecule has 1 N–H and O–H groups in total. The first-order valence-electron chi connectivity index (χ1n) is 6.75. The molecule has 0 atom stereocenters. The highest BCUT2D eigenvalue weighted by Gasteiger charge is 2.17. The molecule has 0 aliphatic carbocycles. The van der Waals surface area contributed by atoms with Gasteiger partial charge in [0.25, 0.3) is 0 Å². The SMILES string of the molecule is CCNC(=O)N(CCOC)Cc1nc(C(=O)OCC)cs1. The molecule has 0 unspecified atom stereocenters. The van der Waals surface area contributed by atoms with Gasteiger partial charge >= 0.3 is 12.0 Å². The third-order valence-electron chi connectivity index (χ3n) is 2.54. The lowest BCUT2D eigenvalue weighted by Crippen LogP contribution is -2.41. The van der Waals surface area contributed by atoms with Crippen molar-refractivity contribution in [1.82, 2.24) is 15.2 Å². The number of nitrogens with zero attached hydrogens (tertiary/aromatic N) is 2. The molecule has 0 aromatic carbocycles. The van der Waals surface area contributed by atoms with Gasteiger partial charge in [-0.3, -0.25) is 0 Å². The fourth-order valence-electron chi connectivity index (χ4n) is 1.56. The van der Waals surface area contributed by atoms with Crippen LogP contribution in [0.4, 0.5) is 4.79 Å². The molecule has 1 aromatic heterocycles. The molecule has 1 rings (SSSR count). The van der Waals surface area contributed by atoms with Crippen LogP contribution in [0.25, 0.3) is 0 Å². The van der Waals surface area contributed by atoms with Gasteiger partial charge in [-0.2, -0.15) is 0 Å². The number of hydrogen-bond acceptors (Lipinski definition) is 6. The molecule has 0 aliphatic heterocycles. The summed E-state index contributed by atoms with van der Waals surface area (Å²) in [6.45, 7) is 5.68. The summed E-state index contributed by atoms with van der Waals surface area (Å²) in [7, 11) is 1.58. The van der Waals surface area contributed by atoms with E-state index in [2.05, 4.69) is 10.3 Å². The first-order valence-corrected chi connectivity index (χ1v) is 7.63. The van der Waals surface area contributed by atoms with Gasteiger partial charge in [-0.25, -0.2) is 14.6 Å². The molecule has 21 heavy (non-hydrogen) atoms. The normalized spacial score (nSPS) is 10.2. The lowest BCUT2D eigenvalue weighted by molar-refractivity contribution is 0.0520. The number of esters is 1. The van der Waals surface area contributed by atoms with Gasteiger partial charge in [-0.05, 0) is 13.8 Å². The van der Waals surface area contributed by atoms with Crippen molar-refractivity contribution in [2.45, 2.75) is 20.4 Å². The molecule has 118 valence electrons. The smallest absolute Gasteiger partial charge is 0.357 e. The first-order chi connectivity index (χ1) is 10.1. The number of nitrogens with one attached hydrogen (secondary N) is 1. The third-order valence-corrected chi connectivity index (χ3v) is 3.38. The van der Waals surface area contributed by atoms with Gasteiger partial charge in [0.1, 0.15) is 5.01 Å². The van der Waals surface area contributed by atoms with E-state index >= 15 is 0 Å². The number of carbonyl (C=O) groups is 2. The number of ether oxygens (including phenoxy) is 2. The molecular formula is C13H21N3O4S. The monoisotopic (exact) mass is 315 g/mol. The van der Waals surface area contributed by atoms with Gasteiger partial charge < -0.3 is 19.7 Å². The molecule has 1 aromatic rings. The zero-order valence-electron chi connectivity index (χ0n) is 12.5. The summed E-state index contributed by atoms with van der Waals surface area (Å²) in [5.41, 5.74) is 0.277. The second-order valence-corrected chi connectivity index (χ2v) is 5.04. The van der Waals surface area contributed by atoms with Crippen LogP contribution in [0.2, 0.25) is 0 Å². The van der Waals surface area contributed by atoms with Crippen LogP contribution in [0.1, 0.15) is 29.3 Å². The van der Waals surface area contributed by atoms with E-state index in [4.69, 9.17) is 9.47 Å². The molecule has 0 saturated heterocycles. The van der Waals surface area contributed by atoms with E-state index in [1.807, 2.05) is 6.92 Å². The lowest BCUT2D eigenvalue weighted by atomic mass is 10.4. The molecule has 0 fully saturated rings. The van der Waals surface area contributed by atoms with E-state index in [-0.39, 0.29) is 11.7 Å². The summed E-state index contributed by atoms with van der Waals surface area (Å²) in [6, 6.07) is -0.178. The molecule has 0 aliphatic rings. The summed E-state index contributed by atoms with van der Waals surface area (Å²) in [4.78, 5) is 29.3. The summed E-state index contributed by atoms with van der Waals surface area (Å²) in [6.07, 6.45) is 0. The quantitative estimate of drug-likeness (QED) is 0.735. The van der Waals surface area contributed by atoms with Crippen molar-refractivity contribution in [2.24, 2.45) is 0 Å². The predicted octanol–water partition coefficient (Wildman–Crippen LogP) is 1.50. The van der Waals surface area contributed by atoms with Crippen LogP contribution in [0.5, 0.6) is 0 Å². The van der Waals surface area contributed by atoms with Gasteiger partial charge in [0, 0.05) is 25.6 Å². The molecule has 0 saturated carbocycles. The molecular weight excluding hydrogens is 294 g/mol. The van der Waals surface area contributed by atoms with Crippen LogP contribution in [-0.2, 0) is 16.0 Å². The second kappa shape index (κ2) is 9.30. The Morgan fingerprint density at radius 3 is 2.81 bits per heavy atom. The maximum Gasteiger partial charge on any atom is 0.357 e. The average molecular weight is 315 g/mol. The van der Waals surface area contributed by atoms with Gasteiger partial charge in [0.15, 0.2) is 5.69 Å². The summed E-state index contributed by atoms with van der Waals surface area (Å²) in [5, 5.41) is 5.06. The third kappa shape index (κ3) is 5.68. The largest absolute Gasteiger partial charge is 0.461 e. The van der Waals surface area contributed by atoms with E-state index in [1.54, 1.807) is 24.3 Å². The number of amides is 2. The maximum atomic E-state index is 11.9. The standard InChI is InChI=1S/C13H21N3O4S/c1-4-14-13(18)16(6-7-19-3)8-11-15-10(9-21-11)12(17)20-5-2/h9H,4-8H2,1-3H3,(H,14,18). The average Bonchev–Trinajstić information content (AvgIpc) is 2.92. The van der Waals surface area contributed by atoms with Crippen molar-refractivity contribution >= 4 is 23.3 Å². The topological polar surface area (TPSA) is 80.8 Å². The van der Waals surface area contributed by atoms with E-state index in [1.165, 1.54) is 11.3 Å². The van der Waals surface area contributed by atoms with Gasteiger partial charge in [0.2, 0.25) is 0 Å². The molecule has 2 amide bonds. The minimum Gasteiger partial charge on any atom is -0.461 e. The van der Waals surface area contributed by atoms with Crippen LogP contribution in [0.15, 0.2) is 5.38 Å². The van der Waals surface area contributed by atoms with E-state index in [0.717, 1.165) is 0 Å². The van der Waals surface area contributed by atoms with Gasteiger partial charge in [0.05, 0.1) is 19.8 Å². The first kappa shape index (κ1) is 17.4. The van der Waals surface area contributed by atoms with Crippen molar-refractivity contribution in [2.75, 3.05) is 33.4 Å². The fourth-order valence-corrected chi connectivity index (χ4v) is 2.34. The van der Waals surface area contributed by atoms with E-state index in [9.17, 15) is 9.59 Å². The highest BCUT2D eigenvalue weighted by molar-refractivity contribution is 7.09. The van der Waals surface area contributed by atoms with E-state index in [0.29, 0.717) is 37.9 Å². The highest BCUT2D eigenvalue weighted by atomic mass is 32.1. The van der Waals surface area contributed by atoms with Crippen LogP contribution in [0.3, 0.4) is 0 Å². The van der Waals surface area contributed by atoms with Crippen LogP contribution in [-0.4, -0.2) is 55.3 Å². The van der Waals surface area contributed by atoms with E-state index < -0.39 is 5.97 Å². The summed E-state index contributed by atoms with van der Waals surface area (Å²) >= 11 is 1.33. The molecule has 1 heterocycles. The molecule has 7 nitrogen and oxygen atoms in total. The minimum absolute atomic E-state index is 0.178. The number of hydrogen-bond donors (Lipinski definition) is 1. The maximum absolute atomic E-state index is 11.9. The van der Waals surface area contributed by atoms with Crippen LogP contribution in [0, 0.1) is 0 Å². The molecule has 8 heteroatoms. The van der Waals surface area contributed by atoms with Crippen molar-refractivity contribution in [3.8, 4) is 0 Å². The number of methoxy groups -OCH3 is 1. The molecule has 0 bridgehead atoms. The van der Waals surface area contributed by atoms with Gasteiger partial charge in [-0.15, -0.1) is 11.3 Å². The Kier molecular flexibility index (Phi) is 7.70. The second-order valence-electron chi connectivity index (χ2n) is 4.10. The molecule has 0 spiro atoms. The van der Waals surface area contributed by atoms with Gasteiger partial charge in [-0.1, -0.05) is 0 Å². The van der Waals surface area contributed by atoms with Crippen molar-refractivity contribution in [3.05, 3.63) is 16.1 Å². The number of urea groups is 1. The Balaban J connectivity index is 2.69. The Morgan fingerprint density at radius 2 is 2.19 bits per heavy atom. The van der Waals surface area contributed by atoms with Crippen molar-refractivity contribution in [3.63, 3.8) is 0 Å². The Hall–Kier alpha value is -1.67. The summed E-state index contributed by atoms with van der Waals surface area (Å²) < 4.78 is 9.89. The predicted molar refractivity (Wildman–Crippen MR) is 79.4 cm³/mol.